The van der Waals surface area contributed by atoms with Crippen LogP contribution < -0.4 is 14.8 Å². The summed E-state index contributed by atoms with van der Waals surface area (Å²) < 4.78 is 10.9. The number of rotatable bonds is 8. The Kier molecular flexibility index (Phi) is 6.66. The number of hydrogen-bond acceptors (Lipinski definition) is 3. The number of hydrogen-bond donors (Lipinski definition) is 2. The van der Waals surface area contributed by atoms with Gasteiger partial charge in [-0.3, -0.25) is 4.79 Å². The molecule has 1 atom stereocenters. The minimum atomic E-state index is -0.196. The smallest absolute Gasteiger partial charge is 0.221 e. The van der Waals surface area contributed by atoms with Gasteiger partial charge in [-0.25, -0.2) is 0 Å². The van der Waals surface area contributed by atoms with Crippen molar-refractivity contribution in [3.8, 4) is 11.5 Å². The normalized spacial score (nSPS) is 11.8. The van der Waals surface area contributed by atoms with Crippen molar-refractivity contribution in [3.63, 3.8) is 0 Å². The van der Waals surface area contributed by atoms with E-state index in [1.54, 1.807) is 14.2 Å². The van der Waals surface area contributed by atoms with Crippen LogP contribution in [0.15, 0.2) is 72.9 Å². The van der Waals surface area contributed by atoms with Crippen molar-refractivity contribution in [2.45, 2.75) is 18.9 Å². The number of carbonyl (C=O) groups is 1. The second-order valence-corrected chi connectivity index (χ2v) is 8.00. The molecular weight excluding hydrogens is 424 g/mol. The van der Waals surface area contributed by atoms with Gasteiger partial charge in [0.2, 0.25) is 5.91 Å². The fourth-order valence-corrected chi connectivity index (χ4v) is 4.11. The van der Waals surface area contributed by atoms with Gasteiger partial charge in [-0.05, 0) is 47.0 Å². The van der Waals surface area contributed by atoms with Crippen LogP contribution in [0.25, 0.3) is 10.9 Å². The molecule has 32 heavy (non-hydrogen) atoms. The summed E-state index contributed by atoms with van der Waals surface area (Å²) in [7, 11) is 3.21. The molecule has 0 bridgehead atoms. The highest BCUT2D eigenvalue weighted by Crippen LogP contribution is 2.38. The molecule has 0 saturated carbocycles. The van der Waals surface area contributed by atoms with E-state index in [-0.39, 0.29) is 18.2 Å². The molecule has 0 spiro atoms. The number of aromatic nitrogens is 1. The maximum Gasteiger partial charge on any atom is 0.221 e. The van der Waals surface area contributed by atoms with Crippen LogP contribution in [0.5, 0.6) is 11.5 Å². The van der Waals surface area contributed by atoms with E-state index in [1.165, 1.54) is 0 Å². The van der Waals surface area contributed by atoms with E-state index in [9.17, 15) is 4.79 Å². The van der Waals surface area contributed by atoms with Gasteiger partial charge in [-0.1, -0.05) is 48.0 Å². The molecule has 1 amide bonds. The van der Waals surface area contributed by atoms with Gasteiger partial charge in [-0.2, -0.15) is 0 Å². The Hall–Kier alpha value is -3.44. The third-order valence-corrected chi connectivity index (χ3v) is 5.82. The molecule has 0 radical (unpaired) electrons. The van der Waals surface area contributed by atoms with Crippen LogP contribution in [0.4, 0.5) is 0 Å². The number of ether oxygens (including phenoxy) is 2. The van der Waals surface area contributed by atoms with Crippen molar-refractivity contribution in [1.82, 2.24) is 10.3 Å². The zero-order valence-electron chi connectivity index (χ0n) is 18.0. The number of amides is 1. The van der Waals surface area contributed by atoms with Crippen LogP contribution in [0.1, 0.15) is 29.0 Å². The van der Waals surface area contributed by atoms with E-state index in [0.717, 1.165) is 27.6 Å². The summed E-state index contributed by atoms with van der Waals surface area (Å²) >= 11 is 6.28. The third-order valence-electron chi connectivity index (χ3n) is 5.58. The highest BCUT2D eigenvalue weighted by atomic mass is 35.5. The van der Waals surface area contributed by atoms with Crippen molar-refractivity contribution >= 4 is 28.4 Å². The summed E-state index contributed by atoms with van der Waals surface area (Å²) in [6, 6.07) is 21.4. The Morgan fingerprint density at radius 3 is 2.53 bits per heavy atom. The van der Waals surface area contributed by atoms with Gasteiger partial charge < -0.3 is 19.8 Å². The average Bonchev–Trinajstić information content (AvgIpc) is 3.24. The van der Waals surface area contributed by atoms with Crippen LogP contribution in [-0.4, -0.2) is 25.1 Å². The van der Waals surface area contributed by atoms with E-state index in [4.69, 9.17) is 21.1 Å². The molecule has 1 aromatic heterocycles. The summed E-state index contributed by atoms with van der Waals surface area (Å²) in [6.45, 7) is 0.484. The monoisotopic (exact) mass is 448 g/mol. The lowest BCUT2D eigenvalue weighted by Gasteiger charge is -2.19. The second kappa shape index (κ2) is 9.79. The maximum atomic E-state index is 13.0. The van der Waals surface area contributed by atoms with Crippen molar-refractivity contribution < 1.29 is 14.3 Å². The highest BCUT2D eigenvalue weighted by Gasteiger charge is 2.23. The summed E-state index contributed by atoms with van der Waals surface area (Å²) in [5, 5.41) is 4.69. The van der Waals surface area contributed by atoms with E-state index >= 15 is 0 Å². The zero-order valence-corrected chi connectivity index (χ0v) is 18.8. The van der Waals surface area contributed by atoms with E-state index < -0.39 is 0 Å². The van der Waals surface area contributed by atoms with Gasteiger partial charge in [0, 0.05) is 41.0 Å². The predicted molar refractivity (Wildman–Crippen MR) is 128 cm³/mol. The van der Waals surface area contributed by atoms with Gasteiger partial charge in [-0.15, -0.1) is 0 Å². The average molecular weight is 449 g/mol. The fraction of sp³-hybridized carbons (Fsp3) is 0.192. The van der Waals surface area contributed by atoms with Gasteiger partial charge in [0.05, 0.1) is 14.2 Å². The van der Waals surface area contributed by atoms with Gasteiger partial charge >= 0.3 is 0 Å². The minimum Gasteiger partial charge on any atom is -0.493 e. The van der Waals surface area contributed by atoms with Gasteiger partial charge in [0.15, 0.2) is 11.5 Å². The molecule has 0 unspecified atom stereocenters. The van der Waals surface area contributed by atoms with Crippen LogP contribution in [-0.2, 0) is 11.3 Å². The maximum absolute atomic E-state index is 13.0. The third kappa shape index (κ3) is 4.73. The highest BCUT2D eigenvalue weighted by molar-refractivity contribution is 6.31. The Labute approximate surface area is 192 Å². The molecule has 0 fully saturated rings. The van der Waals surface area contributed by atoms with Crippen LogP contribution in [0, 0.1) is 0 Å². The number of methoxy groups -OCH3 is 2. The predicted octanol–water partition coefficient (Wildman–Crippen LogP) is 5.68. The van der Waals surface area contributed by atoms with Crippen LogP contribution in [0.3, 0.4) is 0 Å². The van der Waals surface area contributed by atoms with Crippen molar-refractivity contribution in [2.24, 2.45) is 0 Å². The Bertz CT molecular complexity index is 1220. The number of aromatic amines is 1. The molecule has 4 rings (SSSR count). The molecule has 6 heteroatoms. The quantitative estimate of drug-likeness (QED) is 0.364. The number of nitrogens with one attached hydrogen (secondary N) is 2. The largest absolute Gasteiger partial charge is 0.493 e. The number of benzene rings is 3. The molecule has 0 aliphatic heterocycles. The number of H-pyrrole nitrogens is 1. The van der Waals surface area contributed by atoms with E-state index in [2.05, 4.69) is 10.3 Å². The first kappa shape index (κ1) is 21.8. The van der Waals surface area contributed by atoms with Gasteiger partial charge in [0.25, 0.3) is 0 Å². The molecule has 4 aromatic rings. The van der Waals surface area contributed by atoms with Crippen LogP contribution in [0.2, 0.25) is 5.02 Å². The Balaban J connectivity index is 1.68. The van der Waals surface area contributed by atoms with E-state index in [0.29, 0.717) is 23.1 Å². The Morgan fingerprint density at radius 1 is 1.00 bits per heavy atom. The van der Waals surface area contributed by atoms with E-state index in [1.807, 2.05) is 72.9 Å². The summed E-state index contributed by atoms with van der Waals surface area (Å²) in [4.78, 5) is 16.3. The van der Waals surface area contributed by atoms with Crippen molar-refractivity contribution in [1.29, 1.82) is 0 Å². The first-order valence-corrected chi connectivity index (χ1v) is 10.8. The SMILES string of the molecule is COc1ccc([C@H](CC(=O)NCc2ccccc2)c2c[nH]c3ccc(Cl)cc23)cc1OC. The minimum absolute atomic E-state index is 0.0370. The first-order chi connectivity index (χ1) is 15.6. The fourth-order valence-electron chi connectivity index (χ4n) is 3.93. The molecule has 0 aliphatic rings. The summed E-state index contributed by atoms with van der Waals surface area (Å²) in [6.07, 6.45) is 2.23. The molecule has 0 aliphatic carbocycles. The zero-order chi connectivity index (χ0) is 22.5. The van der Waals surface area contributed by atoms with Crippen molar-refractivity contribution in [2.75, 3.05) is 14.2 Å². The van der Waals surface area contributed by atoms with Crippen LogP contribution >= 0.6 is 11.6 Å². The molecule has 164 valence electrons. The number of carbonyl (C=O) groups excluding carboxylic acids is 1. The lowest BCUT2D eigenvalue weighted by atomic mass is 9.87. The second-order valence-electron chi connectivity index (χ2n) is 7.57. The molecule has 0 saturated heterocycles. The molecule has 1 heterocycles. The number of halogens is 1. The topological polar surface area (TPSA) is 63.3 Å². The molecule has 3 aromatic carbocycles. The van der Waals surface area contributed by atoms with Crippen molar-refractivity contribution in [3.05, 3.63) is 94.6 Å². The number of fused-ring (bicyclic) bond motifs is 1. The molecule has 5 nitrogen and oxygen atoms in total. The lowest BCUT2D eigenvalue weighted by molar-refractivity contribution is -0.121. The summed E-state index contributed by atoms with van der Waals surface area (Å²) in [5.74, 6) is 1.03. The standard InChI is InChI=1S/C26H25ClN2O3/c1-31-24-11-8-18(12-25(24)32-2)20(14-26(30)29-15-17-6-4-3-5-7-17)22-16-28-23-10-9-19(27)13-21(22)23/h3-13,16,20,28H,14-15H2,1-2H3,(H,29,30)/t20-/m0/s1. The molecule has 2 N–H and O–H groups in total. The summed E-state index contributed by atoms with van der Waals surface area (Å²) in [5.41, 5.74) is 3.99. The lowest BCUT2D eigenvalue weighted by Crippen LogP contribution is -2.25. The Morgan fingerprint density at radius 2 is 1.78 bits per heavy atom. The van der Waals surface area contributed by atoms with Gasteiger partial charge in [0.1, 0.15) is 0 Å². The molecular formula is C26H25ClN2O3. The first-order valence-electron chi connectivity index (χ1n) is 10.4.